The van der Waals surface area contributed by atoms with Crippen molar-refractivity contribution in [3.8, 4) is 0 Å². The standard InChI is InChI=1S/C17H20N2O4S/c1-4-5-19-13(7-14(20)21)18-16-15(17(19)22)10-6-11(9(2)3)23-8-12(10)24-16/h4,9,11H,1,5-8H2,2-3H3,(H,20,21). The number of carboxylic acids is 1. The zero-order valence-corrected chi connectivity index (χ0v) is 14.6. The van der Waals surface area contributed by atoms with Gasteiger partial charge in [-0.1, -0.05) is 19.9 Å². The second kappa shape index (κ2) is 6.49. The number of aliphatic carboxylic acids is 1. The van der Waals surface area contributed by atoms with E-state index in [9.17, 15) is 9.59 Å². The van der Waals surface area contributed by atoms with E-state index in [-0.39, 0.29) is 30.5 Å². The van der Waals surface area contributed by atoms with Crippen LogP contribution >= 0.6 is 11.3 Å². The molecule has 2 aromatic heterocycles. The van der Waals surface area contributed by atoms with Crippen LogP contribution in [0.4, 0.5) is 0 Å². The predicted octanol–water partition coefficient (Wildman–Crippen LogP) is 2.37. The molecule has 0 amide bonds. The molecule has 0 bridgehead atoms. The highest BCUT2D eigenvalue weighted by Gasteiger charge is 2.28. The summed E-state index contributed by atoms with van der Waals surface area (Å²) in [4.78, 5) is 30.2. The lowest BCUT2D eigenvalue weighted by Crippen LogP contribution is -2.29. The second-order valence-electron chi connectivity index (χ2n) is 6.28. The fourth-order valence-corrected chi connectivity index (χ4v) is 4.15. The number of thiophene rings is 1. The average molecular weight is 348 g/mol. The van der Waals surface area contributed by atoms with Gasteiger partial charge < -0.3 is 9.84 Å². The zero-order chi connectivity index (χ0) is 17.4. The van der Waals surface area contributed by atoms with Crippen molar-refractivity contribution in [2.24, 2.45) is 5.92 Å². The van der Waals surface area contributed by atoms with Gasteiger partial charge in [-0.3, -0.25) is 14.2 Å². The van der Waals surface area contributed by atoms with E-state index < -0.39 is 5.97 Å². The minimum Gasteiger partial charge on any atom is -0.481 e. The molecular weight excluding hydrogens is 328 g/mol. The Morgan fingerprint density at radius 2 is 2.33 bits per heavy atom. The number of carboxylic acid groups (broad SMARTS) is 1. The van der Waals surface area contributed by atoms with E-state index in [0.29, 0.717) is 29.2 Å². The number of nitrogens with zero attached hydrogens (tertiary/aromatic N) is 2. The minimum absolute atomic E-state index is 0.0845. The molecule has 1 aliphatic heterocycles. The van der Waals surface area contributed by atoms with Crippen molar-refractivity contribution < 1.29 is 14.6 Å². The van der Waals surface area contributed by atoms with Gasteiger partial charge in [0.2, 0.25) is 0 Å². The molecule has 3 heterocycles. The van der Waals surface area contributed by atoms with Gasteiger partial charge in [0.1, 0.15) is 17.1 Å². The Labute approximate surface area is 143 Å². The molecule has 1 N–H and O–H groups in total. The third-order valence-corrected chi connectivity index (χ3v) is 5.37. The first kappa shape index (κ1) is 16.9. The molecule has 2 aromatic rings. The first-order chi connectivity index (χ1) is 11.4. The lowest BCUT2D eigenvalue weighted by atomic mass is 9.96. The maximum absolute atomic E-state index is 13.0. The van der Waals surface area contributed by atoms with Crippen molar-refractivity contribution in [2.75, 3.05) is 0 Å². The molecule has 24 heavy (non-hydrogen) atoms. The summed E-state index contributed by atoms with van der Waals surface area (Å²) in [6.45, 7) is 8.59. The van der Waals surface area contributed by atoms with E-state index in [4.69, 9.17) is 9.84 Å². The maximum atomic E-state index is 13.0. The highest BCUT2D eigenvalue weighted by Crippen LogP contribution is 2.35. The van der Waals surface area contributed by atoms with E-state index in [1.807, 2.05) is 0 Å². The molecule has 0 radical (unpaired) electrons. The van der Waals surface area contributed by atoms with Crippen molar-refractivity contribution >= 4 is 27.5 Å². The highest BCUT2D eigenvalue weighted by atomic mass is 32.1. The van der Waals surface area contributed by atoms with E-state index >= 15 is 0 Å². The first-order valence-corrected chi connectivity index (χ1v) is 8.72. The number of aromatic nitrogens is 2. The summed E-state index contributed by atoms with van der Waals surface area (Å²) in [5, 5.41) is 9.69. The largest absolute Gasteiger partial charge is 0.481 e. The van der Waals surface area contributed by atoms with Crippen LogP contribution in [0.25, 0.3) is 10.2 Å². The van der Waals surface area contributed by atoms with E-state index in [2.05, 4.69) is 25.4 Å². The summed E-state index contributed by atoms with van der Waals surface area (Å²) in [6.07, 6.45) is 2.07. The van der Waals surface area contributed by atoms with Gasteiger partial charge in [0.15, 0.2) is 0 Å². The Morgan fingerprint density at radius 1 is 1.58 bits per heavy atom. The van der Waals surface area contributed by atoms with Gasteiger partial charge in [-0.2, -0.15) is 0 Å². The van der Waals surface area contributed by atoms with Crippen LogP contribution in [0.2, 0.25) is 0 Å². The second-order valence-corrected chi connectivity index (χ2v) is 7.37. The van der Waals surface area contributed by atoms with Gasteiger partial charge in [-0.25, -0.2) is 4.98 Å². The van der Waals surface area contributed by atoms with Crippen molar-refractivity contribution in [1.29, 1.82) is 0 Å². The smallest absolute Gasteiger partial charge is 0.311 e. The van der Waals surface area contributed by atoms with Crippen LogP contribution in [-0.2, 0) is 35.5 Å². The van der Waals surface area contributed by atoms with Crippen LogP contribution in [0, 0.1) is 5.92 Å². The molecule has 1 unspecified atom stereocenters. The van der Waals surface area contributed by atoms with Crippen LogP contribution in [0.15, 0.2) is 17.4 Å². The summed E-state index contributed by atoms with van der Waals surface area (Å²) >= 11 is 1.43. The molecular formula is C17H20N2O4S. The third kappa shape index (κ3) is 2.89. The lowest BCUT2D eigenvalue weighted by Gasteiger charge is -2.26. The van der Waals surface area contributed by atoms with Gasteiger partial charge in [-0.05, 0) is 11.5 Å². The molecule has 0 aromatic carbocycles. The third-order valence-electron chi connectivity index (χ3n) is 4.27. The molecule has 1 aliphatic rings. The van der Waals surface area contributed by atoms with Crippen molar-refractivity contribution in [3.05, 3.63) is 39.3 Å². The molecule has 0 saturated heterocycles. The molecule has 0 fully saturated rings. The first-order valence-electron chi connectivity index (χ1n) is 7.90. The molecule has 1 atom stereocenters. The zero-order valence-electron chi connectivity index (χ0n) is 13.7. The quantitative estimate of drug-likeness (QED) is 0.839. The minimum atomic E-state index is -1.01. The number of hydrogen-bond acceptors (Lipinski definition) is 5. The van der Waals surface area contributed by atoms with E-state index in [1.165, 1.54) is 15.9 Å². The highest BCUT2D eigenvalue weighted by molar-refractivity contribution is 7.18. The molecule has 6 nitrogen and oxygen atoms in total. The van der Waals surface area contributed by atoms with Crippen LogP contribution in [0.3, 0.4) is 0 Å². The summed E-state index contributed by atoms with van der Waals surface area (Å²) in [5.74, 6) is -0.383. The number of hydrogen-bond donors (Lipinski definition) is 1. The van der Waals surface area contributed by atoms with Crippen molar-refractivity contribution in [1.82, 2.24) is 9.55 Å². The Kier molecular flexibility index (Phi) is 4.56. The van der Waals surface area contributed by atoms with Crippen LogP contribution in [-0.4, -0.2) is 26.7 Å². The average Bonchev–Trinajstić information content (AvgIpc) is 2.87. The SMILES string of the molecule is C=CCn1c(CC(=O)O)nc2sc3c(c2c1=O)CC(C(C)C)OC3. The number of fused-ring (bicyclic) bond motifs is 3. The van der Waals surface area contributed by atoms with Gasteiger partial charge in [0.05, 0.1) is 18.1 Å². The lowest BCUT2D eigenvalue weighted by molar-refractivity contribution is -0.136. The molecule has 7 heteroatoms. The van der Waals surface area contributed by atoms with Crippen molar-refractivity contribution in [2.45, 2.75) is 45.9 Å². The summed E-state index contributed by atoms with van der Waals surface area (Å²) in [7, 11) is 0. The normalized spacial score (nSPS) is 17.2. The van der Waals surface area contributed by atoms with Crippen molar-refractivity contribution in [3.63, 3.8) is 0 Å². The van der Waals surface area contributed by atoms with E-state index in [1.54, 1.807) is 6.08 Å². The molecule has 0 saturated carbocycles. The number of rotatable bonds is 5. The molecule has 0 spiro atoms. The number of carbonyl (C=O) groups is 1. The Bertz CT molecular complexity index is 866. The maximum Gasteiger partial charge on any atom is 0.311 e. The van der Waals surface area contributed by atoms with Crippen LogP contribution in [0.1, 0.15) is 30.1 Å². The summed E-state index contributed by atoms with van der Waals surface area (Å²) in [6, 6.07) is 0. The number of ether oxygens (including phenoxy) is 1. The van der Waals surface area contributed by atoms with Gasteiger partial charge in [0.25, 0.3) is 5.56 Å². The monoisotopic (exact) mass is 348 g/mol. The van der Waals surface area contributed by atoms with Crippen LogP contribution < -0.4 is 5.56 Å². The predicted molar refractivity (Wildman–Crippen MR) is 92.5 cm³/mol. The van der Waals surface area contributed by atoms with Gasteiger partial charge in [0, 0.05) is 17.8 Å². The summed E-state index contributed by atoms with van der Waals surface area (Å²) in [5.41, 5.74) is 0.829. The van der Waals surface area contributed by atoms with Crippen LogP contribution in [0.5, 0.6) is 0 Å². The summed E-state index contributed by atoms with van der Waals surface area (Å²) < 4.78 is 7.28. The Morgan fingerprint density at radius 3 is 2.96 bits per heavy atom. The number of allylic oxidation sites excluding steroid dienone is 1. The molecule has 0 aliphatic carbocycles. The molecule has 128 valence electrons. The Hall–Kier alpha value is -1.99. The fourth-order valence-electron chi connectivity index (χ4n) is 3.02. The molecule has 3 rings (SSSR count). The van der Waals surface area contributed by atoms with Gasteiger partial charge in [-0.15, -0.1) is 17.9 Å². The topological polar surface area (TPSA) is 81.4 Å². The van der Waals surface area contributed by atoms with E-state index in [0.717, 1.165) is 10.4 Å². The fraction of sp³-hybridized carbons (Fsp3) is 0.471. The van der Waals surface area contributed by atoms with Gasteiger partial charge >= 0.3 is 5.97 Å². The Balaban J connectivity index is 2.20.